The summed E-state index contributed by atoms with van der Waals surface area (Å²) in [5.41, 5.74) is 1.19. The van der Waals surface area contributed by atoms with Crippen LogP contribution in [0.25, 0.3) is 0 Å². The van der Waals surface area contributed by atoms with E-state index >= 15 is 0 Å². The van der Waals surface area contributed by atoms with Crippen LogP contribution < -0.4 is 0 Å². The molecule has 0 aromatic heterocycles. The zero-order valence-corrected chi connectivity index (χ0v) is 9.81. The van der Waals surface area contributed by atoms with Crippen molar-refractivity contribution in [1.29, 1.82) is 0 Å². The molecular formula is C10H11NO5S. The summed E-state index contributed by atoms with van der Waals surface area (Å²) in [7, 11) is -2.75. The van der Waals surface area contributed by atoms with E-state index in [4.69, 9.17) is 5.11 Å². The molecule has 1 unspecified atom stereocenters. The van der Waals surface area contributed by atoms with Gasteiger partial charge in [0, 0.05) is 6.42 Å². The Bertz CT molecular complexity index is 556. The van der Waals surface area contributed by atoms with Gasteiger partial charge >= 0.3 is 16.5 Å². The fraction of sp³-hybridized carbons (Fsp3) is 0.300. The summed E-state index contributed by atoms with van der Waals surface area (Å²) in [6.45, 7) is 1.66. The number of hydrogen-bond donors (Lipinski definition) is 2. The van der Waals surface area contributed by atoms with Crippen molar-refractivity contribution in [3.8, 4) is 5.75 Å². The zero-order chi connectivity index (χ0) is 13.0. The van der Waals surface area contributed by atoms with Gasteiger partial charge in [0.15, 0.2) is 6.04 Å². The first-order valence-corrected chi connectivity index (χ1v) is 5.75. The van der Waals surface area contributed by atoms with Crippen LogP contribution in [0, 0.1) is 6.92 Å². The Morgan fingerprint density at radius 3 is 2.59 bits per heavy atom. The van der Waals surface area contributed by atoms with Crippen LogP contribution in [0.3, 0.4) is 0 Å². The quantitative estimate of drug-likeness (QED) is 0.828. The van der Waals surface area contributed by atoms with Crippen LogP contribution in [-0.2, 0) is 21.7 Å². The van der Waals surface area contributed by atoms with Crippen molar-refractivity contribution in [2.75, 3.05) is 0 Å². The highest BCUT2D eigenvalue weighted by atomic mass is 32.2. The van der Waals surface area contributed by atoms with Crippen molar-refractivity contribution in [2.45, 2.75) is 19.4 Å². The first-order chi connectivity index (χ1) is 7.90. The molecule has 0 saturated carbocycles. The Labute approximate surface area is 99.2 Å². The summed E-state index contributed by atoms with van der Waals surface area (Å²) >= 11 is 0. The van der Waals surface area contributed by atoms with Crippen molar-refractivity contribution in [3.05, 3.63) is 29.3 Å². The summed E-state index contributed by atoms with van der Waals surface area (Å²) < 4.78 is 23.8. The molecule has 17 heavy (non-hydrogen) atoms. The molecule has 1 aromatic rings. The molecule has 0 amide bonds. The van der Waals surface area contributed by atoms with Crippen LogP contribution in [0.15, 0.2) is 22.6 Å². The minimum Gasteiger partial charge on any atom is -0.508 e. The maximum absolute atomic E-state index is 10.8. The van der Waals surface area contributed by atoms with Gasteiger partial charge in [0.25, 0.3) is 0 Å². The van der Waals surface area contributed by atoms with Gasteiger partial charge in [-0.3, -0.25) is 0 Å². The lowest BCUT2D eigenvalue weighted by atomic mass is 10.0. The lowest BCUT2D eigenvalue weighted by Crippen LogP contribution is -2.20. The number of aromatic hydroxyl groups is 1. The molecule has 0 heterocycles. The Hall–Kier alpha value is -1.89. The molecule has 6 nitrogen and oxygen atoms in total. The number of rotatable bonds is 4. The number of aliphatic carboxylic acids is 1. The van der Waals surface area contributed by atoms with Crippen LogP contribution >= 0.6 is 0 Å². The number of aryl methyl sites for hydroxylation is 1. The van der Waals surface area contributed by atoms with E-state index in [0.29, 0.717) is 11.1 Å². The number of phenolic OH excluding ortho intramolecular Hbond substituents is 1. The van der Waals surface area contributed by atoms with E-state index in [1.165, 1.54) is 12.1 Å². The maximum atomic E-state index is 10.8. The molecule has 7 heteroatoms. The third kappa shape index (κ3) is 3.87. The normalized spacial score (nSPS) is 11.8. The average Bonchev–Trinajstić information content (AvgIpc) is 2.21. The summed E-state index contributed by atoms with van der Waals surface area (Å²) in [5.74, 6) is -1.20. The van der Waals surface area contributed by atoms with Crippen molar-refractivity contribution in [3.63, 3.8) is 0 Å². The predicted octanol–water partition coefficient (Wildman–Crippen LogP) is 0.759. The van der Waals surface area contributed by atoms with Gasteiger partial charge < -0.3 is 10.2 Å². The molecule has 2 N–H and O–H groups in total. The number of hydrogen-bond acceptors (Lipinski definition) is 5. The van der Waals surface area contributed by atoms with E-state index in [2.05, 4.69) is 4.36 Å². The van der Waals surface area contributed by atoms with Gasteiger partial charge in [-0.1, -0.05) is 12.1 Å². The first kappa shape index (κ1) is 13.2. The fourth-order valence-corrected chi connectivity index (χ4v) is 1.71. The molecule has 0 aliphatic rings. The highest BCUT2D eigenvalue weighted by Crippen LogP contribution is 2.18. The maximum Gasteiger partial charge on any atom is 0.330 e. The predicted molar refractivity (Wildman–Crippen MR) is 59.3 cm³/mol. The molecule has 0 aliphatic heterocycles. The standard InChI is InChI=1S/C10H11NO5S/c1-6-4-7(2-3-9(6)12)5-8(10(13)14)11-17(15)16/h2-4,8,12H,5H2,1H3,(H,13,14). The minimum absolute atomic E-state index is 0.0373. The SMILES string of the molecule is Cc1cc(CC(N=S(=O)=O)C(=O)O)ccc1O. The summed E-state index contributed by atoms with van der Waals surface area (Å²) in [6.07, 6.45) is -0.0373. The lowest BCUT2D eigenvalue weighted by Gasteiger charge is -2.07. The van der Waals surface area contributed by atoms with Crippen LogP contribution in [0.2, 0.25) is 0 Å². The third-order valence-electron chi connectivity index (χ3n) is 2.19. The monoisotopic (exact) mass is 257 g/mol. The van der Waals surface area contributed by atoms with E-state index < -0.39 is 22.5 Å². The second-order valence-electron chi connectivity index (χ2n) is 3.50. The van der Waals surface area contributed by atoms with Gasteiger partial charge in [-0.25, -0.2) is 4.79 Å². The topological polar surface area (TPSA) is 104 Å². The van der Waals surface area contributed by atoms with Gasteiger partial charge in [-0.15, -0.1) is 0 Å². The number of benzene rings is 1. The van der Waals surface area contributed by atoms with E-state index in [9.17, 15) is 18.3 Å². The van der Waals surface area contributed by atoms with Gasteiger partial charge in [0.05, 0.1) is 0 Å². The molecular weight excluding hydrogens is 246 g/mol. The average molecular weight is 257 g/mol. The van der Waals surface area contributed by atoms with Crippen LogP contribution in [0.1, 0.15) is 11.1 Å². The highest BCUT2D eigenvalue weighted by molar-refractivity contribution is 7.61. The number of carbonyl (C=O) groups is 1. The summed E-state index contributed by atoms with van der Waals surface area (Å²) in [4.78, 5) is 10.8. The van der Waals surface area contributed by atoms with Gasteiger partial charge in [0.2, 0.25) is 0 Å². The number of nitrogens with zero attached hydrogens (tertiary/aromatic N) is 1. The summed E-state index contributed by atoms with van der Waals surface area (Å²) in [5, 5.41) is 18.1. The van der Waals surface area contributed by atoms with Crippen LogP contribution in [0.5, 0.6) is 5.75 Å². The number of carboxylic acid groups (broad SMARTS) is 1. The molecule has 0 aliphatic carbocycles. The Kier molecular flexibility index (Phi) is 4.22. The van der Waals surface area contributed by atoms with Gasteiger partial charge in [0.1, 0.15) is 5.75 Å². The summed E-state index contributed by atoms with van der Waals surface area (Å²) in [6, 6.07) is 3.21. The molecule has 1 rings (SSSR count). The van der Waals surface area contributed by atoms with Crippen LogP contribution in [-0.4, -0.2) is 30.6 Å². The Morgan fingerprint density at radius 2 is 2.12 bits per heavy atom. The number of carboxylic acids is 1. The van der Waals surface area contributed by atoms with Crippen LogP contribution in [0.4, 0.5) is 0 Å². The van der Waals surface area contributed by atoms with Gasteiger partial charge in [-0.05, 0) is 24.1 Å². The second kappa shape index (κ2) is 5.44. The van der Waals surface area contributed by atoms with Crippen molar-refractivity contribution < 1.29 is 23.4 Å². The molecule has 0 saturated heterocycles. The Morgan fingerprint density at radius 1 is 1.47 bits per heavy atom. The highest BCUT2D eigenvalue weighted by Gasteiger charge is 2.17. The number of phenols is 1. The van der Waals surface area contributed by atoms with Crippen molar-refractivity contribution >= 4 is 16.5 Å². The van der Waals surface area contributed by atoms with E-state index in [0.717, 1.165) is 0 Å². The molecule has 0 fully saturated rings. The molecule has 92 valence electrons. The lowest BCUT2D eigenvalue weighted by molar-refractivity contribution is -0.138. The smallest absolute Gasteiger partial charge is 0.330 e. The van der Waals surface area contributed by atoms with Crippen molar-refractivity contribution in [2.24, 2.45) is 4.36 Å². The minimum atomic E-state index is -2.75. The fourth-order valence-electron chi connectivity index (χ4n) is 1.34. The third-order valence-corrected chi connectivity index (χ3v) is 2.62. The van der Waals surface area contributed by atoms with Gasteiger partial charge in [-0.2, -0.15) is 12.8 Å². The molecule has 0 radical (unpaired) electrons. The second-order valence-corrected chi connectivity index (χ2v) is 4.15. The van der Waals surface area contributed by atoms with Crippen molar-refractivity contribution in [1.82, 2.24) is 0 Å². The first-order valence-electron chi connectivity index (χ1n) is 4.71. The molecule has 1 atom stereocenters. The molecule has 0 spiro atoms. The zero-order valence-electron chi connectivity index (χ0n) is 8.99. The van der Waals surface area contributed by atoms with E-state index in [1.807, 2.05) is 0 Å². The largest absolute Gasteiger partial charge is 0.508 e. The Balaban J connectivity index is 2.98. The van der Waals surface area contributed by atoms with E-state index in [-0.39, 0.29) is 12.2 Å². The molecule has 1 aromatic carbocycles. The molecule has 0 bridgehead atoms. The van der Waals surface area contributed by atoms with E-state index in [1.54, 1.807) is 13.0 Å².